The maximum atomic E-state index is 13.9. The van der Waals surface area contributed by atoms with Gasteiger partial charge < -0.3 is 15.4 Å². The van der Waals surface area contributed by atoms with E-state index in [0.29, 0.717) is 35.0 Å². The smallest absolute Gasteiger partial charge is 0.376 e. The third-order valence-electron chi connectivity index (χ3n) is 8.16. The van der Waals surface area contributed by atoms with Crippen LogP contribution in [0.2, 0.25) is 0 Å². The molecule has 0 radical (unpaired) electrons. The molecule has 0 amide bonds. The van der Waals surface area contributed by atoms with E-state index in [9.17, 15) is 28.3 Å². The summed E-state index contributed by atoms with van der Waals surface area (Å²) in [6.07, 6.45) is 1.06. The quantitative estimate of drug-likeness (QED) is 0.496. The summed E-state index contributed by atoms with van der Waals surface area (Å²) in [7, 11) is 0. The molecule has 182 valence electrons. The van der Waals surface area contributed by atoms with Crippen LogP contribution in [0.15, 0.2) is 35.3 Å². The lowest BCUT2D eigenvalue weighted by Crippen LogP contribution is -2.47. The Hall–Kier alpha value is -3.32. The van der Waals surface area contributed by atoms with Gasteiger partial charge in [-0.15, -0.1) is 0 Å². The number of halogens is 3. The second-order valence-electron chi connectivity index (χ2n) is 10.1. The van der Waals surface area contributed by atoms with E-state index in [1.54, 1.807) is 23.0 Å². The zero-order valence-electron chi connectivity index (χ0n) is 18.8. The number of benzene rings is 1. The van der Waals surface area contributed by atoms with Gasteiger partial charge >= 0.3 is 6.18 Å². The molecular formula is C25H24F3N5O2. The van der Waals surface area contributed by atoms with Crippen molar-refractivity contribution in [2.45, 2.75) is 62.8 Å². The van der Waals surface area contributed by atoms with Crippen LogP contribution >= 0.6 is 0 Å². The number of hydrogen-bond donors (Lipinski definition) is 3. The van der Waals surface area contributed by atoms with Crippen molar-refractivity contribution in [3.63, 3.8) is 0 Å². The standard InChI is InChI=1S/C25H24F3N5O2/c26-25(27,28)24(35)17-6-5-16(11-15(17)12-23(24)8-9-23)31-21-20-19(7-10-30-22(20)34)33(32-21)18-4-2-1-3-14(18)13-29/h5-7,10-11,14,18,35H,1-4,8-9,12H2,(H,30,34)(H,31,32). The highest BCUT2D eigenvalue weighted by Crippen LogP contribution is 2.69. The Morgan fingerprint density at radius 3 is 2.71 bits per heavy atom. The summed E-state index contributed by atoms with van der Waals surface area (Å²) >= 11 is 0. The van der Waals surface area contributed by atoms with Gasteiger partial charge in [0.25, 0.3) is 5.56 Å². The first-order valence-electron chi connectivity index (χ1n) is 11.9. The van der Waals surface area contributed by atoms with Crippen LogP contribution < -0.4 is 10.9 Å². The van der Waals surface area contributed by atoms with Crippen molar-refractivity contribution in [2.24, 2.45) is 11.3 Å². The zero-order chi connectivity index (χ0) is 24.6. The summed E-state index contributed by atoms with van der Waals surface area (Å²) in [6.45, 7) is 0. The molecule has 3 unspecified atom stereocenters. The maximum Gasteiger partial charge on any atom is 0.422 e. The van der Waals surface area contributed by atoms with Crippen molar-refractivity contribution in [1.29, 1.82) is 5.26 Å². The van der Waals surface area contributed by atoms with Gasteiger partial charge in [0, 0.05) is 17.3 Å². The molecule has 3 aromatic rings. The molecular weight excluding hydrogens is 459 g/mol. The lowest BCUT2D eigenvalue weighted by atomic mass is 9.83. The second-order valence-corrected chi connectivity index (χ2v) is 10.1. The number of fused-ring (bicyclic) bond motifs is 2. The minimum atomic E-state index is -4.76. The van der Waals surface area contributed by atoms with Crippen molar-refractivity contribution in [3.8, 4) is 6.07 Å². The number of hydrogen-bond acceptors (Lipinski definition) is 5. The van der Waals surface area contributed by atoms with E-state index in [1.807, 2.05) is 0 Å². The molecule has 7 nitrogen and oxygen atoms in total. The Balaban J connectivity index is 1.41. The Morgan fingerprint density at radius 2 is 2.00 bits per heavy atom. The molecule has 1 aromatic carbocycles. The molecule has 0 bridgehead atoms. The number of pyridine rings is 1. The molecule has 35 heavy (non-hydrogen) atoms. The number of rotatable bonds is 3. The molecule has 1 spiro atoms. The molecule has 2 saturated carbocycles. The van der Waals surface area contributed by atoms with Crippen molar-refractivity contribution in [1.82, 2.24) is 14.8 Å². The minimum Gasteiger partial charge on any atom is -0.376 e. The van der Waals surface area contributed by atoms with Crippen LogP contribution in [-0.2, 0) is 12.0 Å². The summed E-state index contributed by atoms with van der Waals surface area (Å²) < 4.78 is 43.5. The van der Waals surface area contributed by atoms with Gasteiger partial charge in [0.15, 0.2) is 11.4 Å². The molecule has 2 fully saturated rings. The first kappa shape index (κ1) is 22.2. The number of aromatic amines is 1. The number of aliphatic hydroxyl groups is 1. The van der Waals surface area contributed by atoms with E-state index in [4.69, 9.17) is 0 Å². The Labute approximate surface area is 198 Å². The van der Waals surface area contributed by atoms with Crippen molar-refractivity contribution < 1.29 is 18.3 Å². The van der Waals surface area contributed by atoms with Crippen LogP contribution in [0.25, 0.3) is 10.9 Å². The topological polar surface area (TPSA) is 107 Å². The van der Waals surface area contributed by atoms with E-state index in [-0.39, 0.29) is 35.3 Å². The molecule has 0 aliphatic heterocycles. The molecule has 6 rings (SSSR count). The predicted octanol–water partition coefficient (Wildman–Crippen LogP) is 4.81. The molecule has 2 aromatic heterocycles. The zero-order valence-corrected chi connectivity index (χ0v) is 18.8. The summed E-state index contributed by atoms with van der Waals surface area (Å²) in [5, 5.41) is 28.6. The fraction of sp³-hybridized carbons (Fsp3) is 0.480. The third kappa shape index (κ3) is 3.07. The molecule has 3 N–H and O–H groups in total. The molecule has 2 heterocycles. The molecule has 3 atom stereocenters. The van der Waals surface area contributed by atoms with Gasteiger partial charge in [0.2, 0.25) is 0 Å². The summed E-state index contributed by atoms with van der Waals surface area (Å²) in [4.78, 5) is 15.4. The summed E-state index contributed by atoms with van der Waals surface area (Å²) in [5.74, 6) is 0.0723. The average Bonchev–Trinajstić information content (AvgIpc) is 3.45. The number of aromatic nitrogens is 3. The van der Waals surface area contributed by atoms with E-state index in [1.165, 1.54) is 12.1 Å². The number of alkyl halides is 3. The number of nitriles is 1. The van der Waals surface area contributed by atoms with E-state index in [0.717, 1.165) is 25.7 Å². The molecule has 0 saturated heterocycles. The third-order valence-corrected chi connectivity index (χ3v) is 8.16. The molecule has 3 aliphatic carbocycles. The van der Waals surface area contributed by atoms with Gasteiger partial charge in [-0.25, -0.2) is 0 Å². The van der Waals surface area contributed by atoms with Crippen LogP contribution in [0.4, 0.5) is 24.7 Å². The SMILES string of the molecule is N#CC1CCCCC1n1nc(Nc2ccc3c(c2)CC2(CC2)C3(O)C(F)(F)F)c2c(=O)[nH]ccc21. The van der Waals surface area contributed by atoms with Gasteiger partial charge in [-0.1, -0.05) is 18.9 Å². The normalized spacial score (nSPS) is 27.1. The first-order chi connectivity index (χ1) is 16.7. The fourth-order valence-electron chi connectivity index (χ4n) is 6.22. The van der Waals surface area contributed by atoms with Gasteiger partial charge in [-0.2, -0.15) is 23.5 Å². The van der Waals surface area contributed by atoms with E-state index < -0.39 is 17.2 Å². The van der Waals surface area contributed by atoms with Gasteiger partial charge in [-0.3, -0.25) is 9.48 Å². The van der Waals surface area contributed by atoms with Crippen LogP contribution in [-0.4, -0.2) is 26.0 Å². The van der Waals surface area contributed by atoms with E-state index in [2.05, 4.69) is 21.5 Å². The maximum absolute atomic E-state index is 13.9. The largest absolute Gasteiger partial charge is 0.422 e. The number of nitrogens with zero attached hydrogens (tertiary/aromatic N) is 3. The molecule has 3 aliphatic rings. The van der Waals surface area contributed by atoms with Crippen LogP contribution in [0, 0.1) is 22.7 Å². The van der Waals surface area contributed by atoms with Gasteiger partial charge in [0.1, 0.15) is 5.39 Å². The molecule has 10 heteroatoms. The lowest BCUT2D eigenvalue weighted by molar-refractivity contribution is -0.288. The Bertz CT molecular complexity index is 1430. The number of H-pyrrole nitrogens is 1. The predicted molar refractivity (Wildman–Crippen MR) is 122 cm³/mol. The lowest BCUT2D eigenvalue weighted by Gasteiger charge is -2.33. The fourth-order valence-corrected chi connectivity index (χ4v) is 6.22. The second kappa shape index (κ2) is 7.34. The summed E-state index contributed by atoms with van der Waals surface area (Å²) in [6, 6.07) is 8.38. The minimum absolute atomic E-state index is 0.0969. The Kier molecular flexibility index (Phi) is 4.65. The summed E-state index contributed by atoms with van der Waals surface area (Å²) in [5.41, 5.74) is -2.93. The van der Waals surface area contributed by atoms with Crippen LogP contribution in [0.3, 0.4) is 0 Å². The monoisotopic (exact) mass is 483 g/mol. The van der Waals surface area contributed by atoms with Gasteiger partial charge in [0.05, 0.1) is 23.5 Å². The Morgan fingerprint density at radius 1 is 1.23 bits per heavy atom. The van der Waals surface area contributed by atoms with Crippen LogP contribution in [0.5, 0.6) is 0 Å². The van der Waals surface area contributed by atoms with Crippen molar-refractivity contribution in [2.75, 3.05) is 5.32 Å². The first-order valence-corrected chi connectivity index (χ1v) is 11.9. The highest BCUT2D eigenvalue weighted by atomic mass is 19.4. The number of nitrogens with one attached hydrogen (secondary N) is 2. The highest BCUT2D eigenvalue weighted by Gasteiger charge is 2.74. The highest BCUT2D eigenvalue weighted by molar-refractivity contribution is 5.91. The van der Waals surface area contributed by atoms with Crippen molar-refractivity contribution >= 4 is 22.4 Å². The van der Waals surface area contributed by atoms with Crippen LogP contribution in [0.1, 0.15) is 55.7 Å². The van der Waals surface area contributed by atoms with E-state index >= 15 is 0 Å². The number of anilines is 2. The average molecular weight is 483 g/mol. The van der Waals surface area contributed by atoms with Gasteiger partial charge in [-0.05, 0) is 61.4 Å². The van der Waals surface area contributed by atoms with Crippen molar-refractivity contribution in [3.05, 3.63) is 51.9 Å².